The van der Waals surface area contributed by atoms with E-state index in [1.165, 1.54) is 25.7 Å². The first-order chi connectivity index (χ1) is 5.60. The molecule has 0 amide bonds. The Hall–Kier alpha value is 0.480. The van der Waals surface area contributed by atoms with Crippen molar-refractivity contribution >= 4 is 15.9 Å². The smallest absolute Gasteiger partial charge is 0.00878 e. The number of alkyl halides is 1. The van der Waals surface area contributed by atoms with Crippen molar-refractivity contribution in [1.29, 1.82) is 0 Å². The van der Waals surface area contributed by atoms with Crippen LogP contribution < -0.4 is 0 Å². The second-order valence-corrected chi connectivity index (χ2v) is 4.79. The summed E-state index contributed by atoms with van der Waals surface area (Å²) in [6.07, 6.45) is 5.32. The van der Waals surface area contributed by atoms with Gasteiger partial charge in [-0.2, -0.15) is 0 Å². The van der Waals surface area contributed by atoms with Crippen molar-refractivity contribution in [1.82, 2.24) is 0 Å². The summed E-state index contributed by atoms with van der Waals surface area (Å²) in [6.45, 7) is 9.35. The second-order valence-electron chi connectivity index (χ2n) is 4.23. The molecule has 1 heteroatoms. The fourth-order valence-corrected chi connectivity index (χ4v) is 2.63. The third kappa shape index (κ3) is 3.47. The van der Waals surface area contributed by atoms with Crippen molar-refractivity contribution < 1.29 is 0 Å². The van der Waals surface area contributed by atoms with Crippen LogP contribution >= 0.6 is 15.9 Å². The minimum absolute atomic E-state index is 0.519. The van der Waals surface area contributed by atoms with Gasteiger partial charge in [-0.3, -0.25) is 0 Å². The molecule has 0 fully saturated rings. The number of hydrogen-bond acceptors (Lipinski definition) is 0. The molecule has 12 heavy (non-hydrogen) atoms. The molecule has 0 rings (SSSR count). The lowest BCUT2D eigenvalue weighted by molar-refractivity contribution is 0.206. The maximum Gasteiger partial charge on any atom is 0.00878 e. The maximum atomic E-state index is 3.64. The van der Waals surface area contributed by atoms with Gasteiger partial charge in [-0.15, -0.1) is 0 Å². The molecule has 0 saturated carbocycles. The molecule has 0 saturated heterocycles. The van der Waals surface area contributed by atoms with Crippen LogP contribution in [0.4, 0.5) is 0 Å². The summed E-state index contributed by atoms with van der Waals surface area (Å²) < 4.78 is 0. The van der Waals surface area contributed by atoms with E-state index in [1.807, 2.05) is 0 Å². The van der Waals surface area contributed by atoms with Crippen molar-refractivity contribution in [3.63, 3.8) is 0 Å². The average molecular weight is 235 g/mol. The molecule has 0 aromatic heterocycles. The van der Waals surface area contributed by atoms with Crippen LogP contribution in [-0.2, 0) is 0 Å². The minimum atomic E-state index is 0.519. The van der Waals surface area contributed by atoms with E-state index >= 15 is 0 Å². The van der Waals surface area contributed by atoms with Crippen LogP contribution in [-0.4, -0.2) is 5.33 Å². The van der Waals surface area contributed by atoms with Crippen LogP contribution in [0.2, 0.25) is 0 Å². The van der Waals surface area contributed by atoms with Gasteiger partial charge in [-0.1, -0.05) is 62.9 Å². The molecule has 2 atom stereocenters. The lowest BCUT2D eigenvalue weighted by Crippen LogP contribution is -2.26. The monoisotopic (exact) mass is 234 g/mol. The zero-order valence-corrected chi connectivity index (χ0v) is 10.6. The Labute approximate surface area is 86.3 Å². The van der Waals surface area contributed by atoms with Gasteiger partial charge < -0.3 is 0 Å². The normalized spacial score (nSPS) is 18.8. The summed E-state index contributed by atoms with van der Waals surface area (Å²) in [5.74, 6) is 0.849. The molecule has 0 N–H and O–H groups in total. The average Bonchev–Trinajstić information content (AvgIpc) is 2.05. The minimum Gasteiger partial charge on any atom is -0.0922 e. The second kappa shape index (κ2) is 6.01. The predicted molar refractivity (Wildman–Crippen MR) is 60.9 cm³/mol. The Morgan fingerprint density at radius 2 is 1.83 bits per heavy atom. The summed E-state index contributed by atoms with van der Waals surface area (Å²) in [7, 11) is 0. The summed E-state index contributed by atoms with van der Waals surface area (Å²) in [6, 6.07) is 0. The van der Waals surface area contributed by atoms with Crippen molar-refractivity contribution in [2.45, 2.75) is 53.4 Å². The molecule has 0 nitrogen and oxygen atoms in total. The zero-order chi connectivity index (χ0) is 9.61. The fourth-order valence-electron chi connectivity index (χ4n) is 1.80. The first-order valence-electron chi connectivity index (χ1n) is 5.16. The molecular formula is C11H23Br. The van der Waals surface area contributed by atoms with Crippen molar-refractivity contribution in [3.05, 3.63) is 0 Å². The molecule has 0 aromatic carbocycles. The number of halogens is 1. The van der Waals surface area contributed by atoms with Gasteiger partial charge in [-0.25, -0.2) is 0 Å². The molecule has 0 aliphatic carbocycles. The third-order valence-corrected chi connectivity index (χ3v) is 4.32. The molecule has 0 spiro atoms. The topological polar surface area (TPSA) is 0 Å². The highest BCUT2D eigenvalue weighted by atomic mass is 79.9. The fraction of sp³-hybridized carbons (Fsp3) is 1.00. The van der Waals surface area contributed by atoms with Crippen LogP contribution in [0.15, 0.2) is 0 Å². The molecule has 0 aliphatic rings. The van der Waals surface area contributed by atoms with E-state index in [4.69, 9.17) is 0 Å². The van der Waals surface area contributed by atoms with Crippen LogP contribution in [0, 0.1) is 11.3 Å². The highest BCUT2D eigenvalue weighted by Crippen LogP contribution is 2.36. The zero-order valence-electron chi connectivity index (χ0n) is 8.99. The molecular weight excluding hydrogens is 212 g/mol. The van der Waals surface area contributed by atoms with E-state index in [9.17, 15) is 0 Å². The lowest BCUT2D eigenvalue weighted by atomic mass is 9.74. The van der Waals surface area contributed by atoms with Crippen molar-refractivity contribution in [3.8, 4) is 0 Å². The van der Waals surface area contributed by atoms with E-state index in [-0.39, 0.29) is 0 Å². The van der Waals surface area contributed by atoms with E-state index in [0.29, 0.717) is 5.41 Å². The largest absolute Gasteiger partial charge is 0.0922 e. The standard InChI is InChI=1S/C11H23Br/c1-5-7-10(3)11(4,9-12)8-6-2/h10H,5-9H2,1-4H3. The van der Waals surface area contributed by atoms with Gasteiger partial charge in [0.05, 0.1) is 0 Å². The van der Waals surface area contributed by atoms with Gasteiger partial charge in [-0.05, 0) is 17.8 Å². The van der Waals surface area contributed by atoms with Crippen molar-refractivity contribution in [2.75, 3.05) is 5.33 Å². The van der Waals surface area contributed by atoms with E-state index in [0.717, 1.165) is 11.2 Å². The first-order valence-corrected chi connectivity index (χ1v) is 6.28. The number of rotatable bonds is 6. The van der Waals surface area contributed by atoms with E-state index < -0.39 is 0 Å². The Morgan fingerprint density at radius 3 is 2.17 bits per heavy atom. The summed E-state index contributed by atoms with van der Waals surface area (Å²) in [5.41, 5.74) is 0.519. The summed E-state index contributed by atoms with van der Waals surface area (Å²) >= 11 is 3.64. The van der Waals surface area contributed by atoms with Gasteiger partial charge in [0.2, 0.25) is 0 Å². The lowest BCUT2D eigenvalue weighted by Gasteiger charge is -2.34. The van der Waals surface area contributed by atoms with Gasteiger partial charge in [0.1, 0.15) is 0 Å². The van der Waals surface area contributed by atoms with Crippen LogP contribution in [0.1, 0.15) is 53.4 Å². The SMILES string of the molecule is CCCC(C)C(C)(CBr)CCC. The van der Waals surface area contributed by atoms with Gasteiger partial charge in [0.25, 0.3) is 0 Å². The molecule has 0 bridgehead atoms. The first kappa shape index (κ1) is 12.5. The molecule has 0 aliphatic heterocycles. The number of hydrogen-bond donors (Lipinski definition) is 0. The highest BCUT2D eigenvalue weighted by Gasteiger charge is 2.27. The van der Waals surface area contributed by atoms with Crippen LogP contribution in [0.5, 0.6) is 0 Å². The van der Waals surface area contributed by atoms with Gasteiger partial charge >= 0.3 is 0 Å². The highest BCUT2D eigenvalue weighted by molar-refractivity contribution is 9.09. The Morgan fingerprint density at radius 1 is 1.25 bits per heavy atom. The molecule has 0 radical (unpaired) electrons. The van der Waals surface area contributed by atoms with Crippen LogP contribution in [0.3, 0.4) is 0 Å². The molecule has 0 heterocycles. The molecule has 2 unspecified atom stereocenters. The Kier molecular flexibility index (Phi) is 6.25. The molecule has 0 aromatic rings. The predicted octanol–water partition coefficient (Wildman–Crippen LogP) is 4.62. The van der Waals surface area contributed by atoms with Crippen LogP contribution in [0.25, 0.3) is 0 Å². The summed E-state index contributed by atoms with van der Waals surface area (Å²) in [4.78, 5) is 0. The Bertz CT molecular complexity index is 112. The van der Waals surface area contributed by atoms with E-state index in [1.54, 1.807) is 0 Å². The van der Waals surface area contributed by atoms with Crippen molar-refractivity contribution in [2.24, 2.45) is 11.3 Å². The van der Waals surface area contributed by atoms with E-state index in [2.05, 4.69) is 43.6 Å². The molecule has 74 valence electrons. The quantitative estimate of drug-likeness (QED) is 0.589. The van der Waals surface area contributed by atoms with Gasteiger partial charge in [0, 0.05) is 5.33 Å². The summed E-state index contributed by atoms with van der Waals surface area (Å²) in [5, 5.41) is 1.15. The maximum absolute atomic E-state index is 3.64. The Balaban J connectivity index is 4.08. The van der Waals surface area contributed by atoms with Gasteiger partial charge in [0.15, 0.2) is 0 Å². The third-order valence-electron chi connectivity index (χ3n) is 3.04.